The molecule has 228 valence electrons. The molecule has 2 heterocycles. The van der Waals surface area contributed by atoms with E-state index in [0.717, 1.165) is 11.1 Å². The third kappa shape index (κ3) is 7.06. The lowest BCUT2D eigenvalue weighted by Gasteiger charge is -2.23. The summed E-state index contributed by atoms with van der Waals surface area (Å²) in [5, 5.41) is 21.3. The zero-order chi connectivity index (χ0) is 32.6. The lowest BCUT2D eigenvalue weighted by atomic mass is 10.1. The van der Waals surface area contributed by atoms with E-state index in [1.54, 1.807) is 120 Å². The summed E-state index contributed by atoms with van der Waals surface area (Å²) in [6.45, 7) is 0. The molecule has 47 heavy (non-hydrogen) atoms. The van der Waals surface area contributed by atoms with Crippen molar-refractivity contribution in [2.75, 3.05) is 10.0 Å². The van der Waals surface area contributed by atoms with Crippen LogP contribution in [0.4, 0.5) is 11.4 Å². The number of nitriles is 2. The number of carbonyl (C=O) groups is 2. The fraction of sp³-hybridized carbons (Fsp3) is 0.0556. The molecule has 0 saturated heterocycles. The Bertz CT molecular complexity index is 1890. The first-order valence-electron chi connectivity index (χ1n) is 14.5. The van der Waals surface area contributed by atoms with Gasteiger partial charge in [0.25, 0.3) is 11.8 Å². The van der Waals surface area contributed by atoms with Crippen LogP contribution in [0.5, 0.6) is 11.5 Å². The second-order valence-corrected chi connectivity index (χ2v) is 10.4. The minimum atomic E-state index is -0.183. The largest absolute Gasteiger partial charge is 0.457 e. The van der Waals surface area contributed by atoms with Crippen LogP contribution in [0.2, 0.25) is 0 Å². The van der Waals surface area contributed by atoms with E-state index in [1.165, 1.54) is 10.0 Å². The highest BCUT2D eigenvalue weighted by molar-refractivity contribution is 5.95. The van der Waals surface area contributed by atoms with Crippen LogP contribution in [0.15, 0.2) is 135 Å². The average Bonchev–Trinajstić information content (AvgIpc) is 3.83. The Morgan fingerprint density at radius 2 is 0.979 bits per heavy atom. The van der Waals surface area contributed by atoms with E-state index in [2.05, 4.69) is 22.1 Å². The number of benzene rings is 4. The van der Waals surface area contributed by atoms with Gasteiger partial charge in [0, 0.05) is 24.8 Å². The molecular formula is C36H26N8O3. The molecular weight excluding hydrogens is 592 g/mol. The molecule has 0 fully saturated rings. The number of aromatic nitrogens is 4. The van der Waals surface area contributed by atoms with Crippen LogP contribution in [0.3, 0.4) is 0 Å². The minimum absolute atomic E-state index is 0.125. The van der Waals surface area contributed by atoms with Crippen LogP contribution < -0.4 is 14.8 Å². The van der Waals surface area contributed by atoms with Crippen molar-refractivity contribution in [3.05, 3.63) is 157 Å². The molecule has 4 aromatic carbocycles. The van der Waals surface area contributed by atoms with Crippen molar-refractivity contribution in [3.8, 4) is 23.6 Å². The molecule has 0 aliphatic rings. The van der Waals surface area contributed by atoms with Crippen LogP contribution >= 0.6 is 0 Å². The molecule has 2 amide bonds. The van der Waals surface area contributed by atoms with Crippen LogP contribution in [0, 0.1) is 22.7 Å². The van der Waals surface area contributed by atoms with Crippen LogP contribution in [0.25, 0.3) is 0 Å². The Morgan fingerprint density at radius 1 is 0.596 bits per heavy atom. The van der Waals surface area contributed by atoms with E-state index < -0.39 is 0 Å². The lowest BCUT2D eigenvalue weighted by Crippen LogP contribution is -2.36. The summed E-state index contributed by atoms with van der Waals surface area (Å²) in [5.41, 5.74) is 3.81. The Kier molecular flexibility index (Phi) is 8.80. The van der Waals surface area contributed by atoms with Gasteiger partial charge in [-0.3, -0.25) is 9.59 Å². The van der Waals surface area contributed by atoms with E-state index in [1.807, 2.05) is 24.3 Å². The highest BCUT2D eigenvalue weighted by atomic mass is 16.5. The maximum absolute atomic E-state index is 13.4. The normalized spacial score (nSPS) is 10.4. The van der Waals surface area contributed by atoms with Gasteiger partial charge in [0.15, 0.2) is 0 Å². The average molecular weight is 619 g/mol. The minimum Gasteiger partial charge on any atom is -0.457 e. The second-order valence-electron chi connectivity index (χ2n) is 10.4. The SMILES string of the molecule is N#Cc1ccc(N(C(=O)Cc2ccc(Oc3ccc(CC(=O)N(c4ccc(C#N)cc4)n4ccnc4)cc3)cc2)n2ccnc2)cc1. The summed E-state index contributed by atoms with van der Waals surface area (Å²) < 4.78 is 9.22. The van der Waals surface area contributed by atoms with Crippen molar-refractivity contribution in [3.63, 3.8) is 0 Å². The summed E-state index contributed by atoms with van der Waals surface area (Å²) >= 11 is 0. The number of carbonyl (C=O) groups excluding carboxylic acids is 2. The molecule has 11 nitrogen and oxygen atoms in total. The Labute approximate surface area is 270 Å². The van der Waals surface area contributed by atoms with Crippen molar-refractivity contribution in [1.82, 2.24) is 19.3 Å². The van der Waals surface area contributed by atoms with Crippen molar-refractivity contribution in [1.29, 1.82) is 10.5 Å². The summed E-state index contributed by atoms with van der Waals surface area (Å²) in [7, 11) is 0. The summed E-state index contributed by atoms with van der Waals surface area (Å²) in [6.07, 6.45) is 9.87. The molecule has 0 radical (unpaired) electrons. The van der Waals surface area contributed by atoms with Gasteiger partial charge in [-0.25, -0.2) is 29.3 Å². The highest BCUT2D eigenvalue weighted by Gasteiger charge is 2.20. The smallest absolute Gasteiger partial charge is 0.250 e. The van der Waals surface area contributed by atoms with Crippen LogP contribution in [0.1, 0.15) is 22.3 Å². The van der Waals surface area contributed by atoms with Gasteiger partial charge in [-0.2, -0.15) is 10.5 Å². The molecule has 11 heteroatoms. The van der Waals surface area contributed by atoms with E-state index in [4.69, 9.17) is 15.3 Å². The molecule has 0 atom stereocenters. The van der Waals surface area contributed by atoms with Gasteiger partial charge in [0.05, 0.1) is 47.5 Å². The molecule has 2 aromatic heterocycles. The van der Waals surface area contributed by atoms with E-state index in [9.17, 15) is 9.59 Å². The van der Waals surface area contributed by atoms with E-state index in [-0.39, 0.29) is 24.7 Å². The van der Waals surface area contributed by atoms with Gasteiger partial charge in [-0.05, 0) is 83.9 Å². The summed E-state index contributed by atoms with van der Waals surface area (Å²) in [6, 6.07) is 32.2. The van der Waals surface area contributed by atoms with Crippen molar-refractivity contribution in [2.45, 2.75) is 12.8 Å². The zero-order valence-electron chi connectivity index (χ0n) is 24.9. The number of rotatable bonds is 10. The predicted octanol–water partition coefficient (Wildman–Crippen LogP) is 5.69. The summed E-state index contributed by atoms with van der Waals surface area (Å²) in [5.74, 6) is 0.820. The summed E-state index contributed by atoms with van der Waals surface area (Å²) in [4.78, 5) is 34.9. The molecule has 0 aliphatic carbocycles. The highest BCUT2D eigenvalue weighted by Crippen LogP contribution is 2.24. The number of imidazole rings is 2. The molecule has 0 aliphatic heterocycles. The van der Waals surface area contributed by atoms with Crippen molar-refractivity contribution >= 4 is 23.2 Å². The topological polar surface area (TPSA) is 133 Å². The van der Waals surface area contributed by atoms with Crippen LogP contribution in [-0.2, 0) is 22.4 Å². The van der Waals surface area contributed by atoms with Crippen LogP contribution in [-0.4, -0.2) is 31.1 Å². The van der Waals surface area contributed by atoms with Gasteiger partial charge in [-0.15, -0.1) is 0 Å². The van der Waals surface area contributed by atoms with Crippen molar-refractivity contribution in [2.24, 2.45) is 0 Å². The number of hydrogen-bond acceptors (Lipinski definition) is 7. The first-order valence-corrected chi connectivity index (χ1v) is 14.5. The second kappa shape index (κ2) is 13.8. The molecule has 0 N–H and O–H groups in total. The fourth-order valence-corrected chi connectivity index (χ4v) is 4.89. The van der Waals surface area contributed by atoms with Gasteiger partial charge in [0.2, 0.25) is 0 Å². The number of hydrogen-bond donors (Lipinski definition) is 0. The van der Waals surface area contributed by atoms with E-state index in [0.29, 0.717) is 34.0 Å². The number of ether oxygens (including phenoxy) is 1. The first-order chi connectivity index (χ1) is 23.0. The third-order valence-electron chi connectivity index (χ3n) is 7.19. The Balaban J connectivity index is 1.09. The maximum atomic E-state index is 13.4. The quantitative estimate of drug-likeness (QED) is 0.193. The lowest BCUT2D eigenvalue weighted by molar-refractivity contribution is -0.119. The first kappa shape index (κ1) is 30.1. The van der Waals surface area contributed by atoms with Gasteiger partial charge in [0.1, 0.15) is 24.2 Å². The molecule has 0 bridgehead atoms. The Morgan fingerprint density at radius 3 is 1.30 bits per heavy atom. The van der Waals surface area contributed by atoms with Crippen molar-refractivity contribution < 1.29 is 14.3 Å². The molecule has 6 aromatic rings. The molecule has 6 rings (SSSR count). The standard InChI is InChI=1S/C36H26N8O3/c37-23-29-1-9-31(10-2-29)43(41-19-17-39-25-41)35(45)21-27-5-13-33(14-6-27)47-34-15-7-28(8-16-34)22-36(46)44(42-20-18-40-26-42)32-11-3-30(24-38)4-12-32/h1-20,25-26H,21-22H2. The number of amides is 2. The number of nitrogens with zero attached hydrogens (tertiary/aromatic N) is 8. The molecule has 0 saturated carbocycles. The zero-order valence-corrected chi connectivity index (χ0v) is 24.9. The monoisotopic (exact) mass is 618 g/mol. The fourth-order valence-electron chi connectivity index (χ4n) is 4.89. The predicted molar refractivity (Wildman–Crippen MR) is 173 cm³/mol. The van der Waals surface area contributed by atoms with Gasteiger partial charge < -0.3 is 4.74 Å². The maximum Gasteiger partial charge on any atom is 0.250 e. The molecule has 0 spiro atoms. The van der Waals surface area contributed by atoms with Gasteiger partial charge in [-0.1, -0.05) is 24.3 Å². The Hall–Kier alpha value is -6.98. The third-order valence-corrected chi connectivity index (χ3v) is 7.19. The molecule has 0 unspecified atom stereocenters. The number of anilines is 2. The van der Waals surface area contributed by atoms with E-state index >= 15 is 0 Å². The van der Waals surface area contributed by atoms with Gasteiger partial charge >= 0.3 is 0 Å².